The lowest BCUT2D eigenvalue weighted by atomic mass is 10.1. The maximum Gasteiger partial charge on any atom is 0.260 e. The van der Waals surface area contributed by atoms with E-state index in [4.69, 9.17) is 71.0 Å². The van der Waals surface area contributed by atoms with Gasteiger partial charge in [0.2, 0.25) is 17.8 Å². The number of nitrogens with two attached hydrogens (primary N) is 3. The number of morpholine rings is 1. The number of anilines is 6. The number of halogens is 3. The van der Waals surface area contributed by atoms with Crippen molar-refractivity contribution in [3.63, 3.8) is 0 Å². The summed E-state index contributed by atoms with van der Waals surface area (Å²) in [6.07, 6.45) is 12.6. The third-order valence-electron chi connectivity index (χ3n) is 23.1. The second kappa shape index (κ2) is 39.3. The molecule has 9 aromatic heterocycles. The van der Waals surface area contributed by atoms with Crippen LogP contribution in [-0.2, 0) is 38.8 Å². The highest BCUT2D eigenvalue weighted by Crippen LogP contribution is 2.46. The van der Waals surface area contributed by atoms with Gasteiger partial charge in [0, 0.05) is 138 Å². The number of hydrogen-bond acceptors (Lipinski definition) is 25. The Hall–Kier alpha value is -11.9. The number of nitrogens with one attached hydrogen (secondary N) is 6. The smallest absolute Gasteiger partial charge is 0.260 e. The van der Waals surface area contributed by atoms with Gasteiger partial charge in [-0.1, -0.05) is 48.7 Å². The molecule has 5 aliphatic rings. The number of likely N-dealkylation sites (tertiary alicyclic amines) is 1. The third kappa shape index (κ3) is 19.1. The Labute approximate surface area is 734 Å². The number of nitrogens with zero attached hydrogens (tertiary/aromatic N) is 15. The number of likely N-dealkylation sites (N-methyl/N-ethyl adjacent to an activating group) is 1. The number of nitrogen functional groups attached to an aromatic ring is 3. The largest absolute Gasteiger partial charge is 0.496 e. The number of amides is 6. The van der Waals surface area contributed by atoms with Gasteiger partial charge in [0.05, 0.1) is 121 Å². The number of carbonyl (C=O) groups is 6. The van der Waals surface area contributed by atoms with Crippen LogP contribution in [0.2, 0.25) is 15.5 Å². The van der Waals surface area contributed by atoms with E-state index in [1.807, 2.05) is 83.1 Å². The van der Waals surface area contributed by atoms with Crippen molar-refractivity contribution in [2.24, 2.45) is 0 Å². The van der Waals surface area contributed by atoms with Crippen LogP contribution < -0.4 is 62.1 Å². The maximum absolute atomic E-state index is 13.9. The van der Waals surface area contributed by atoms with Crippen LogP contribution >= 0.6 is 34.8 Å². The number of ether oxygens (including phenoxy) is 4. The first kappa shape index (κ1) is 91.3. The summed E-state index contributed by atoms with van der Waals surface area (Å²) in [5.41, 5.74) is 34.7. The summed E-state index contributed by atoms with van der Waals surface area (Å²) in [6.45, 7) is 38.1. The standard InChI is InChI=1S/C29H35ClN8O4.C29H35ClN8O3.C29H37ClN8O3/c1-15-13-33-21(17(3)24(15)41-5)14-38-26-23(25(30)35-29(31)36-26)19(28(38)40)12-20-16(2)22(18(4)34-20)27(39)32-6-7-37-8-10-42-11-9-37;1-15-13-33-21(17(3)24(15)41-5)14-38-26-23(25(30)35-29(31)36-26)19(28(38)40)12-20-16(2)22(18(4)34-20)27(39)32-8-11-37-9-6-7-10-37;1-8-37(9-2)11-10-32-27(39)22-16(4)20(34-18(22)6)12-19-23-25(30)35-29(31)36-26(23)38(28(19)40)14-21-17(5)24(41-7)15(3)13-33-21/h12-13,34H,6-11,14H2,1-5H3,(H,32,39)(H2,31,35,36);12-13,34H,6-11,14H2,1-5H3,(H,32,39)(H2,31,35,36);12-13,34H,8-11,14H2,1-7H3,(H,32,39)(H2,31,35,36)/b3*19-12-. The lowest BCUT2D eigenvalue weighted by molar-refractivity contribution is -0.113. The van der Waals surface area contributed by atoms with E-state index in [1.54, 1.807) is 58.1 Å². The summed E-state index contributed by atoms with van der Waals surface area (Å²) in [7, 11) is 4.81. The number of fused-ring (bicyclic) bond motifs is 3. The molecule has 0 atom stereocenters. The van der Waals surface area contributed by atoms with Crippen LogP contribution in [0, 0.1) is 83.1 Å². The first-order chi connectivity index (χ1) is 59.2. The number of hydrogen-bond donors (Lipinski definition) is 9. The molecule has 2 fully saturated rings. The van der Waals surface area contributed by atoms with Crippen LogP contribution in [0.1, 0.15) is 176 Å². The Bertz CT molecular complexity index is 5540. The highest BCUT2D eigenvalue weighted by molar-refractivity contribution is 6.43. The van der Waals surface area contributed by atoms with Gasteiger partial charge in [-0.15, -0.1) is 0 Å². The van der Waals surface area contributed by atoms with Gasteiger partial charge in [0.15, 0.2) is 17.5 Å². The molecule has 6 amide bonds. The van der Waals surface area contributed by atoms with Crippen molar-refractivity contribution in [2.75, 3.05) is 145 Å². The van der Waals surface area contributed by atoms with Crippen molar-refractivity contribution >= 4 is 140 Å². The van der Waals surface area contributed by atoms with Crippen molar-refractivity contribution in [1.82, 2.24) is 90.5 Å². The Morgan fingerprint density at radius 2 is 0.758 bits per heavy atom. The van der Waals surface area contributed by atoms with Gasteiger partial charge in [-0.25, -0.2) is 15.0 Å². The minimum Gasteiger partial charge on any atom is -0.496 e. The first-order valence-corrected chi connectivity index (χ1v) is 42.1. The lowest BCUT2D eigenvalue weighted by Gasteiger charge is -2.26. The summed E-state index contributed by atoms with van der Waals surface area (Å²) in [6, 6.07) is 0. The molecule has 0 saturated carbocycles. The summed E-state index contributed by atoms with van der Waals surface area (Å²) < 4.78 is 22.0. The molecular formula is C87H107Cl3N24O10. The summed E-state index contributed by atoms with van der Waals surface area (Å²) in [4.78, 5) is 141. The van der Waals surface area contributed by atoms with Crippen molar-refractivity contribution in [3.8, 4) is 17.2 Å². The maximum atomic E-state index is 13.9. The molecule has 0 unspecified atom stereocenters. The molecule has 9 aromatic rings. The number of pyridine rings is 3. The molecule has 0 radical (unpaired) electrons. The number of aromatic nitrogens is 12. The van der Waals surface area contributed by atoms with E-state index >= 15 is 0 Å². The molecule has 0 aromatic carbocycles. The van der Waals surface area contributed by atoms with Gasteiger partial charge in [-0.3, -0.25) is 63.3 Å². The van der Waals surface area contributed by atoms with Gasteiger partial charge >= 0.3 is 0 Å². The van der Waals surface area contributed by atoms with Crippen LogP contribution in [0.4, 0.5) is 35.3 Å². The third-order valence-corrected chi connectivity index (χ3v) is 23.9. The minimum atomic E-state index is -0.337. The Morgan fingerprint density at radius 3 is 1.06 bits per heavy atom. The summed E-state index contributed by atoms with van der Waals surface area (Å²) in [5.74, 6) is 1.39. The normalized spacial score (nSPS) is 15.4. The Kier molecular flexibility index (Phi) is 28.9. The van der Waals surface area contributed by atoms with Crippen LogP contribution in [0.15, 0.2) is 18.6 Å². The summed E-state index contributed by atoms with van der Waals surface area (Å²) in [5, 5.41) is 9.27. The zero-order valence-electron chi connectivity index (χ0n) is 73.1. The second-order valence-corrected chi connectivity index (χ2v) is 32.1. The van der Waals surface area contributed by atoms with Gasteiger partial charge in [0.25, 0.3) is 35.4 Å². The SMILES string of the molecule is CCN(CC)CCNC(=O)c1c(C)[nH]c(/C=C2\C(=O)N(Cc3ncc(C)c(OC)c3C)c3nc(N)nc(Cl)c32)c1C.COc1c(C)cnc(CN2C(=O)/C(=C\c3[nH]c(C)c(C(=O)NCCN4CCCC4)c3C)c3c(Cl)nc(N)nc32)c1C.COc1c(C)cnc(CN2C(=O)/C(=C\c3[nH]c(C)c(C(=O)NCCN4CCOCC4)c3C)c3c(Cl)nc(N)nc32)c1C. The second-order valence-electron chi connectivity index (χ2n) is 31.0. The lowest BCUT2D eigenvalue weighted by Crippen LogP contribution is -2.41. The predicted molar refractivity (Wildman–Crippen MR) is 481 cm³/mol. The van der Waals surface area contributed by atoms with Crippen molar-refractivity contribution in [1.29, 1.82) is 0 Å². The Morgan fingerprint density at radius 1 is 0.460 bits per heavy atom. The molecule has 0 spiro atoms. The molecule has 124 heavy (non-hydrogen) atoms. The van der Waals surface area contributed by atoms with Gasteiger partial charge in [-0.2, -0.15) is 15.0 Å². The predicted octanol–water partition coefficient (Wildman–Crippen LogP) is 10.3. The fourth-order valence-corrected chi connectivity index (χ4v) is 17.3. The van der Waals surface area contributed by atoms with E-state index in [1.165, 1.54) is 27.5 Å². The molecule has 14 heterocycles. The molecule has 0 bridgehead atoms. The van der Waals surface area contributed by atoms with E-state index in [2.05, 4.69) is 104 Å². The van der Waals surface area contributed by atoms with E-state index in [0.717, 1.165) is 103 Å². The number of carbonyl (C=O) groups excluding carboxylic acids is 6. The molecule has 12 N–H and O–H groups in total. The molecule has 34 nitrogen and oxygen atoms in total. The number of H-pyrrole nitrogens is 3. The average molecular weight is 1760 g/mol. The fourth-order valence-electron chi connectivity index (χ4n) is 16.5. The molecule has 656 valence electrons. The van der Waals surface area contributed by atoms with Crippen LogP contribution in [0.3, 0.4) is 0 Å². The molecule has 14 rings (SSSR count). The minimum absolute atomic E-state index is 0.0428. The average Bonchev–Trinajstić information content (AvgIpc) is 1.60. The van der Waals surface area contributed by atoms with E-state index < -0.39 is 0 Å². The number of aryl methyl sites for hydroxylation is 6. The molecule has 0 aliphatic carbocycles. The monoisotopic (exact) mass is 1750 g/mol. The van der Waals surface area contributed by atoms with Crippen molar-refractivity contribution < 1.29 is 47.7 Å². The van der Waals surface area contributed by atoms with Crippen LogP contribution in [0.25, 0.3) is 34.9 Å². The number of aromatic amines is 3. The molecule has 37 heteroatoms. The zero-order chi connectivity index (χ0) is 89.6. The van der Waals surface area contributed by atoms with Crippen LogP contribution in [0.5, 0.6) is 17.2 Å². The van der Waals surface area contributed by atoms with Gasteiger partial charge in [-0.05, 0) is 157 Å². The van der Waals surface area contributed by atoms with Crippen molar-refractivity contribution in [3.05, 3.63) is 169 Å². The van der Waals surface area contributed by atoms with E-state index in [-0.39, 0.29) is 94.0 Å². The van der Waals surface area contributed by atoms with Gasteiger partial charge < -0.3 is 76.9 Å². The van der Waals surface area contributed by atoms with E-state index in [0.29, 0.717) is 169 Å². The molecule has 2 saturated heterocycles. The van der Waals surface area contributed by atoms with Gasteiger partial charge in [0.1, 0.15) is 32.7 Å². The highest BCUT2D eigenvalue weighted by atomic mass is 35.5. The Balaban J connectivity index is 0.000000170. The molecular weight excluding hydrogens is 1650 g/mol. The molecule has 5 aliphatic heterocycles. The topological polar surface area (TPSA) is 436 Å². The van der Waals surface area contributed by atoms with E-state index in [9.17, 15) is 28.8 Å². The number of methoxy groups -OCH3 is 3. The quantitative estimate of drug-likeness (QED) is 0.0180. The zero-order valence-corrected chi connectivity index (χ0v) is 75.3. The number of rotatable bonds is 26. The fraction of sp³-hybridized carbons (Fsp3) is 0.414. The summed E-state index contributed by atoms with van der Waals surface area (Å²) >= 11 is 19.6. The highest BCUT2D eigenvalue weighted by Gasteiger charge is 2.42. The van der Waals surface area contributed by atoms with Crippen molar-refractivity contribution in [2.45, 2.75) is 129 Å². The first-order valence-electron chi connectivity index (χ1n) is 41.0. The van der Waals surface area contributed by atoms with Crippen LogP contribution in [-0.4, -0.2) is 223 Å².